The summed E-state index contributed by atoms with van der Waals surface area (Å²) in [5.41, 5.74) is 2.02. The quantitative estimate of drug-likeness (QED) is 0.717. The third-order valence-corrected chi connectivity index (χ3v) is 2.40. The Hall–Kier alpha value is -2.16. The maximum absolute atomic E-state index is 12.4. The minimum Gasteiger partial charge on any atom is -0.0672 e. The van der Waals surface area contributed by atoms with Gasteiger partial charge in [-0.25, -0.2) is 0 Å². The lowest BCUT2D eigenvalue weighted by Gasteiger charge is -2.08. The molecule has 0 aliphatic heterocycles. The van der Waals surface area contributed by atoms with Gasteiger partial charge in [0.2, 0.25) is 0 Å². The number of nitrogens with zero attached hydrogens (tertiary/aromatic N) is 1. The van der Waals surface area contributed by atoms with Crippen LogP contribution in [0.2, 0.25) is 0 Å². The zero-order valence-electron chi connectivity index (χ0n) is 9.05. The van der Waals surface area contributed by atoms with E-state index in [4.69, 9.17) is 0 Å². The van der Waals surface area contributed by atoms with Gasteiger partial charge in [-0.15, -0.1) is 0 Å². The Balaban J connectivity index is 2.47. The van der Waals surface area contributed by atoms with Crippen molar-refractivity contribution in [2.75, 3.05) is 0 Å². The van der Waals surface area contributed by atoms with E-state index in [1.54, 1.807) is 0 Å². The van der Waals surface area contributed by atoms with Crippen LogP contribution in [0.4, 0.5) is 8.96 Å². The lowest BCUT2D eigenvalue weighted by Crippen LogP contribution is -1.94. The average Bonchev–Trinajstić information content (AvgIpc) is 2.38. The average molecular weight is 231 g/mol. The molecule has 0 N–H and O–H groups in total. The molecular formula is C14H11F2N. The fraction of sp³-hybridized carbons (Fsp3) is 0. The molecule has 1 nitrogen and oxygen atoms in total. The Kier molecular flexibility index (Phi) is 3.50. The summed E-state index contributed by atoms with van der Waals surface area (Å²) in [5.74, 6) is 0. The van der Waals surface area contributed by atoms with Crippen molar-refractivity contribution in [1.82, 2.24) is 5.34 Å². The van der Waals surface area contributed by atoms with Crippen LogP contribution in [0.1, 0.15) is 11.1 Å². The predicted octanol–water partition coefficient (Wildman–Crippen LogP) is 4.15. The van der Waals surface area contributed by atoms with Crippen LogP contribution in [-0.4, -0.2) is 5.34 Å². The van der Waals surface area contributed by atoms with E-state index in [-0.39, 0.29) is 0 Å². The minimum absolute atomic E-state index is 0.496. The zero-order valence-corrected chi connectivity index (χ0v) is 9.05. The number of rotatable bonds is 3. The van der Waals surface area contributed by atoms with Crippen LogP contribution < -0.4 is 0 Å². The number of benzene rings is 2. The molecule has 0 saturated carbocycles. The second kappa shape index (κ2) is 5.25. The first-order valence-electron chi connectivity index (χ1n) is 5.21. The summed E-state index contributed by atoms with van der Waals surface area (Å²) in [6.45, 7) is 0. The summed E-state index contributed by atoms with van der Waals surface area (Å²) in [6.07, 6.45) is 0.824. The van der Waals surface area contributed by atoms with E-state index in [0.717, 1.165) is 17.3 Å². The van der Waals surface area contributed by atoms with E-state index in [1.165, 1.54) is 0 Å². The first-order chi connectivity index (χ1) is 8.27. The van der Waals surface area contributed by atoms with Gasteiger partial charge in [0.1, 0.15) is 0 Å². The molecule has 0 saturated heterocycles. The Morgan fingerprint density at radius 1 is 0.765 bits per heavy atom. The van der Waals surface area contributed by atoms with Gasteiger partial charge in [-0.05, 0) is 16.5 Å². The monoisotopic (exact) mass is 231 g/mol. The summed E-state index contributed by atoms with van der Waals surface area (Å²) in [7, 11) is 0. The molecule has 0 spiro atoms. The molecule has 0 fully saturated rings. The van der Waals surface area contributed by atoms with Crippen LogP contribution in [-0.2, 0) is 0 Å². The summed E-state index contributed by atoms with van der Waals surface area (Å²) in [5, 5.41) is -0.921. The van der Waals surface area contributed by atoms with Gasteiger partial charge in [0.25, 0.3) is 0 Å². The molecule has 0 aliphatic rings. The molecule has 17 heavy (non-hydrogen) atoms. The molecule has 86 valence electrons. The van der Waals surface area contributed by atoms with Gasteiger partial charge in [-0.1, -0.05) is 69.6 Å². The van der Waals surface area contributed by atoms with Gasteiger partial charge in [-0.2, -0.15) is 0 Å². The zero-order chi connectivity index (χ0) is 12.1. The number of hydrogen-bond donors (Lipinski definition) is 0. The molecule has 2 aromatic rings. The third-order valence-electron chi connectivity index (χ3n) is 2.40. The summed E-state index contributed by atoms with van der Waals surface area (Å²) in [6, 6.07) is 18.2. The minimum atomic E-state index is -0.921. The predicted molar refractivity (Wildman–Crippen MR) is 64.0 cm³/mol. The van der Waals surface area contributed by atoms with Crippen LogP contribution >= 0.6 is 0 Å². The topological polar surface area (TPSA) is 3.24 Å². The summed E-state index contributed by atoms with van der Waals surface area (Å²) >= 11 is 0. The van der Waals surface area contributed by atoms with E-state index in [9.17, 15) is 8.96 Å². The largest absolute Gasteiger partial charge is 0.0775 e. The van der Waals surface area contributed by atoms with Crippen LogP contribution in [0.25, 0.3) is 5.57 Å². The fourth-order valence-corrected chi connectivity index (χ4v) is 1.65. The molecule has 0 amide bonds. The molecule has 2 rings (SSSR count). The maximum Gasteiger partial charge on any atom is 0.0775 e. The molecular weight excluding hydrogens is 220 g/mol. The molecule has 3 heteroatoms. The van der Waals surface area contributed by atoms with Crippen molar-refractivity contribution in [3.63, 3.8) is 0 Å². The first kappa shape index (κ1) is 11.3. The van der Waals surface area contributed by atoms with Gasteiger partial charge in [0, 0.05) is 5.57 Å². The lowest BCUT2D eigenvalue weighted by molar-refractivity contribution is -0.101. The fourth-order valence-electron chi connectivity index (χ4n) is 1.65. The van der Waals surface area contributed by atoms with Crippen LogP contribution in [0, 0.1) is 0 Å². The second-order valence-corrected chi connectivity index (χ2v) is 3.53. The van der Waals surface area contributed by atoms with E-state index in [0.29, 0.717) is 5.57 Å². The molecule has 0 aromatic heterocycles. The van der Waals surface area contributed by atoms with Crippen LogP contribution in [0.5, 0.6) is 0 Å². The Bertz CT molecular complexity index is 451. The van der Waals surface area contributed by atoms with E-state index in [2.05, 4.69) is 0 Å². The first-order valence-corrected chi connectivity index (χ1v) is 5.21. The van der Waals surface area contributed by atoms with E-state index in [1.807, 2.05) is 60.7 Å². The van der Waals surface area contributed by atoms with Crippen LogP contribution in [0.15, 0.2) is 66.9 Å². The molecule has 0 aliphatic carbocycles. The third kappa shape index (κ3) is 2.91. The SMILES string of the molecule is FN(F)C=C(c1ccccc1)c1ccccc1. The molecule has 0 radical (unpaired) electrons. The van der Waals surface area contributed by atoms with Crippen molar-refractivity contribution in [2.24, 2.45) is 0 Å². The highest BCUT2D eigenvalue weighted by atomic mass is 19.4. The van der Waals surface area contributed by atoms with Gasteiger partial charge in [0.15, 0.2) is 0 Å². The van der Waals surface area contributed by atoms with Crippen molar-refractivity contribution in [1.29, 1.82) is 0 Å². The van der Waals surface area contributed by atoms with Crippen molar-refractivity contribution < 1.29 is 8.96 Å². The Labute approximate surface area is 98.5 Å². The van der Waals surface area contributed by atoms with E-state index < -0.39 is 5.34 Å². The summed E-state index contributed by atoms with van der Waals surface area (Å²) < 4.78 is 24.8. The van der Waals surface area contributed by atoms with Crippen molar-refractivity contribution in [3.8, 4) is 0 Å². The number of hydrogen-bond acceptors (Lipinski definition) is 1. The molecule has 2 aromatic carbocycles. The maximum atomic E-state index is 12.4. The van der Waals surface area contributed by atoms with Crippen LogP contribution in [0.3, 0.4) is 0 Å². The standard InChI is InChI=1S/C14H11F2N/c15-17(16)11-14(12-7-3-1-4-8-12)13-9-5-2-6-10-13/h1-11H. The highest BCUT2D eigenvalue weighted by molar-refractivity contribution is 5.79. The number of halogens is 2. The molecule has 0 bridgehead atoms. The molecule has 0 heterocycles. The highest BCUT2D eigenvalue weighted by Gasteiger charge is 2.06. The second-order valence-electron chi connectivity index (χ2n) is 3.53. The lowest BCUT2D eigenvalue weighted by atomic mass is 9.99. The normalized spacial score (nSPS) is 9.76. The molecule has 0 unspecified atom stereocenters. The van der Waals surface area contributed by atoms with Gasteiger partial charge in [-0.3, -0.25) is 0 Å². The summed E-state index contributed by atoms with van der Waals surface area (Å²) in [4.78, 5) is 0. The highest BCUT2D eigenvalue weighted by Crippen LogP contribution is 2.23. The van der Waals surface area contributed by atoms with Gasteiger partial charge in [0.05, 0.1) is 6.20 Å². The Morgan fingerprint density at radius 3 is 1.53 bits per heavy atom. The smallest absolute Gasteiger partial charge is 0.0672 e. The van der Waals surface area contributed by atoms with Crippen molar-refractivity contribution in [2.45, 2.75) is 0 Å². The Morgan fingerprint density at radius 2 is 1.18 bits per heavy atom. The molecule has 0 atom stereocenters. The van der Waals surface area contributed by atoms with Gasteiger partial charge >= 0.3 is 0 Å². The van der Waals surface area contributed by atoms with Gasteiger partial charge < -0.3 is 0 Å². The van der Waals surface area contributed by atoms with E-state index >= 15 is 0 Å². The van der Waals surface area contributed by atoms with Crippen molar-refractivity contribution in [3.05, 3.63) is 78.0 Å². The van der Waals surface area contributed by atoms with Crippen molar-refractivity contribution >= 4 is 5.57 Å².